The van der Waals surface area contributed by atoms with Crippen molar-refractivity contribution in [3.8, 4) is 11.3 Å². The molecule has 1 unspecified atom stereocenters. The van der Waals surface area contributed by atoms with E-state index in [-0.39, 0.29) is 5.41 Å². The third kappa shape index (κ3) is 2.35. The summed E-state index contributed by atoms with van der Waals surface area (Å²) in [5.41, 5.74) is 4.71. The van der Waals surface area contributed by atoms with E-state index in [1.807, 2.05) is 30.6 Å². The van der Waals surface area contributed by atoms with Crippen molar-refractivity contribution in [3.63, 3.8) is 0 Å². The lowest BCUT2D eigenvalue weighted by molar-refractivity contribution is 0.472. The van der Waals surface area contributed by atoms with Gasteiger partial charge in [-0.1, -0.05) is 24.3 Å². The number of hydrogen-bond acceptors (Lipinski definition) is 4. The Balaban J connectivity index is 1.35. The highest BCUT2D eigenvalue weighted by Gasteiger charge is 2.46. The third-order valence-corrected chi connectivity index (χ3v) is 6.34. The van der Waals surface area contributed by atoms with E-state index >= 15 is 0 Å². The Morgan fingerprint density at radius 1 is 0.893 bits per heavy atom. The number of pyridine rings is 2. The monoisotopic (exact) mass is 367 g/mol. The predicted molar refractivity (Wildman–Crippen MR) is 110 cm³/mol. The first kappa shape index (κ1) is 15.8. The molecule has 0 aliphatic carbocycles. The summed E-state index contributed by atoms with van der Waals surface area (Å²) >= 11 is 0. The fourth-order valence-corrected chi connectivity index (χ4v) is 4.84. The molecule has 4 aromatic rings. The Morgan fingerprint density at radius 2 is 1.79 bits per heavy atom. The molecule has 1 fully saturated rings. The Morgan fingerprint density at radius 3 is 2.71 bits per heavy atom. The lowest BCUT2D eigenvalue weighted by Crippen LogP contribution is -2.29. The lowest BCUT2D eigenvalue weighted by atomic mass is 9.82. The maximum atomic E-state index is 4.93. The number of benzene rings is 1. The highest BCUT2D eigenvalue weighted by atomic mass is 15.3. The van der Waals surface area contributed by atoms with Gasteiger partial charge in [-0.25, -0.2) is 4.98 Å². The van der Waals surface area contributed by atoms with Gasteiger partial charge in [0.25, 0.3) is 0 Å². The summed E-state index contributed by atoms with van der Waals surface area (Å²) < 4.78 is 2.21. The Bertz CT molecular complexity index is 1170. The second kappa shape index (κ2) is 5.89. The first-order valence-corrected chi connectivity index (χ1v) is 9.90. The van der Waals surface area contributed by atoms with Crippen LogP contribution in [-0.4, -0.2) is 32.8 Å². The number of aryl methyl sites for hydroxylation is 1. The highest BCUT2D eigenvalue weighted by Crippen LogP contribution is 2.44. The Hall–Kier alpha value is -3.21. The largest absolute Gasteiger partial charge is 0.356 e. The van der Waals surface area contributed by atoms with Gasteiger partial charge in [-0.3, -0.25) is 9.67 Å². The van der Waals surface area contributed by atoms with E-state index in [4.69, 9.17) is 5.10 Å². The van der Waals surface area contributed by atoms with E-state index in [0.717, 1.165) is 60.5 Å². The van der Waals surface area contributed by atoms with Crippen LogP contribution in [0.4, 0.5) is 5.82 Å². The summed E-state index contributed by atoms with van der Waals surface area (Å²) in [6, 6.07) is 18.9. The van der Waals surface area contributed by atoms with Gasteiger partial charge in [-0.2, -0.15) is 5.10 Å². The molecule has 6 rings (SSSR count). The van der Waals surface area contributed by atoms with Gasteiger partial charge >= 0.3 is 0 Å². The molecule has 1 spiro atoms. The quantitative estimate of drug-likeness (QED) is 0.536. The molecule has 5 heterocycles. The fraction of sp³-hybridized carbons (Fsp3) is 0.261. The van der Waals surface area contributed by atoms with Crippen molar-refractivity contribution >= 4 is 16.7 Å². The number of nitrogens with zero attached hydrogens (tertiary/aromatic N) is 5. The maximum absolute atomic E-state index is 4.93. The van der Waals surface area contributed by atoms with Crippen LogP contribution in [0.3, 0.4) is 0 Å². The maximum Gasteiger partial charge on any atom is 0.128 e. The molecule has 1 atom stereocenters. The molecular formula is C23H21N5. The molecule has 3 aromatic heterocycles. The van der Waals surface area contributed by atoms with E-state index in [1.165, 1.54) is 5.69 Å². The standard InChI is InChI=1S/C23H21N5/c1-2-6-19-17(5-1)13-18(15-25-19)20-14-21-23(9-12-28(21)26-20)8-11-27(16-23)22-7-3-4-10-24-22/h1-7,10,13-15H,8-9,11-12,16H2. The van der Waals surface area contributed by atoms with Gasteiger partial charge in [0, 0.05) is 54.1 Å². The summed E-state index contributed by atoms with van der Waals surface area (Å²) in [5, 5.41) is 6.08. The first-order valence-electron chi connectivity index (χ1n) is 9.90. The van der Waals surface area contributed by atoms with Crippen LogP contribution in [0, 0.1) is 0 Å². The van der Waals surface area contributed by atoms with Crippen molar-refractivity contribution in [2.24, 2.45) is 0 Å². The van der Waals surface area contributed by atoms with Crippen molar-refractivity contribution < 1.29 is 0 Å². The van der Waals surface area contributed by atoms with Gasteiger partial charge in [0.2, 0.25) is 0 Å². The van der Waals surface area contributed by atoms with E-state index < -0.39 is 0 Å². The predicted octanol–water partition coefficient (Wildman–Crippen LogP) is 4.05. The van der Waals surface area contributed by atoms with Crippen LogP contribution in [0.25, 0.3) is 22.2 Å². The van der Waals surface area contributed by atoms with Gasteiger partial charge in [0.05, 0.1) is 11.2 Å². The lowest BCUT2D eigenvalue weighted by Gasteiger charge is -2.23. The number of aromatic nitrogens is 4. The number of para-hydroxylation sites is 1. The molecular weight excluding hydrogens is 346 g/mol. The van der Waals surface area contributed by atoms with Crippen LogP contribution in [0.5, 0.6) is 0 Å². The molecule has 0 saturated carbocycles. The smallest absolute Gasteiger partial charge is 0.128 e. The zero-order valence-corrected chi connectivity index (χ0v) is 15.6. The molecule has 1 saturated heterocycles. The van der Waals surface area contributed by atoms with Crippen molar-refractivity contribution in [2.75, 3.05) is 18.0 Å². The van der Waals surface area contributed by atoms with Gasteiger partial charge < -0.3 is 4.90 Å². The van der Waals surface area contributed by atoms with Gasteiger partial charge in [0.1, 0.15) is 5.82 Å². The second-order valence-corrected chi connectivity index (χ2v) is 7.94. The molecule has 1 aromatic carbocycles. The number of rotatable bonds is 2. The number of hydrogen-bond donors (Lipinski definition) is 0. The minimum Gasteiger partial charge on any atom is -0.356 e. The minimum atomic E-state index is 0.188. The molecule has 0 amide bonds. The Kier molecular flexibility index (Phi) is 3.33. The molecule has 5 nitrogen and oxygen atoms in total. The van der Waals surface area contributed by atoms with Crippen molar-refractivity contribution in [2.45, 2.75) is 24.8 Å². The van der Waals surface area contributed by atoms with Crippen LogP contribution in [0.2, 0.25) is 0 Å². The minimum absolute atomic E-state index is 0.188. The normalized spacial score (nSPS) is 20.9. The first-order chi connectivity index (χ1) is 13.8. The molecule has 138 valence electrons. The summed E-state index contributed by atoms with van der Waals surface area (Å²) in [4.78, 5) is 11.6. The summed E-state index contributed by atoms with van der Waals surface area (Å²) in [6.07, 6.45) is 6.14. The van der Waals surface area contributed by atoms with Crippen LogP contribution < -0.4 is 4.90 Å². The van der Waals surface area contributed by atoms with Crippen LogP contribution in [0.15, 0.2) is 67.0 Å². The number of anilines is 1. The van der Waals surface area contributed by atoms with Crippen LogP contribution >= 0.6 is 0 Å². The zero-order valence-electron chi connectivity index (χ0n) is 15.6. The summed E-state index contributed by atoms with van der Waals surface area (Å²) in [7, 11) is 0. The third-order valence-electron chi connectivity index (χ3n) is 6.34. The molecule has 5 heteroatoms. The van der Waals surface area contributed by atoms with E-state index in [9.17, 15) is 0 Å². The second-order valence-electron chi connectivity index (χ2n) is 7.94. The van der Waals surface area contributed by atoms with Gasteiger partial charge in [-0.15, -0.1) is 0 Å². The van der Waals surface area contributed by atoms with Crippen molar-refractivity contribution in [1.29, 1.82) is 0 Å². The SMILES string of the molecule is c1ccc(N2CCC3(CCn4nc(-c5cnc6ccccc6c5)cc43)C2)nc1. The molecule has 0 radical (unpaired) electrons. The van der Waals surface area contributed by atoms with Crippen LogP contribution in [-0.2, 0) is 12.0 Å². The zero-order chi connectivity index (χ0) is 18.6. The topological polar surface area (TPSA) is 46.8 Å². The van der Waals surface area contributed by atoms with Crippen molar-refractivity contribution in [1.82, 2.24) is 19.7 Å². The average Bonchev–Trinajstić information content (AvgIpc) is 3.45. The van der Waals surface area contributed by atoms with Crippen molar-refractivity contribution in [3.05, 3.63) is 72.7 Å². The molecule has 2 aliphatic rings. The molecule has 2 aliphatic heterocycles. The number of fused-ring (bicyclic) bond motifs is 3. The molecule has 28 heavy (non-hydrogen) atoms. The highest BCUT2D eigenvalue weighted by molar-refractivity contribution is 5.82. The van der Waals surface area contributed by atoms with Crippen LogP contribution in [0.1, 0.15) is 18.5 Å². The fourth-order valence-electron chi connectivity index (χ4n) is 4.84. The van der Waals surface area contributed by atoms with Gasteiger partial charge in [0.15, 0.2) is 0 Å². The summed E-state index contributed by atoms with van der Waals surface area (Å²) in [5.74, 6) is 1.08. The average molecular weight is 367 g/mol. The molecule has 0 N–H and O–H groups in total. The molecule has 0 bridgehead atoms. The van der Waals surface area contributed by atoms with E-state index in [2.05, 4.69) is 55.9 Å². The summed E-state index contributed by atoms with van der Waals surface area (Å²) in [6.45, 7) is 3.06. The van der Waals surface area contributed by atoms with E-state index in [1.54, 1.807) is 0 Å². The van der Waals surface area contributed by atoms with E-state index in [0.29, 0.717) is 0 Å². The Labute approximate surface area is 163 Å². The van der Waals surface area contributed by atoms with Gasteiger partial charge in [-0.05, 0) is 43.2 Å².